The molecule has 0 saturated carbocycles. The molecular formula is C16H34N2. The molecule has 0 spiro atoms. The molecule has 0 aliphatic carbocycles. The average Bonchev–Trinajstić information content (AvgIpc) is 2.53. The first-order valence-corrected chi connectivity index (χ1v) is 7.82. The van der Waals surface area contributed by atoms with E-state index in [0.717, 1.165) is 12.0 Å². The molecule has 2 nitrogen and oxygen atoms in total. The summed E-state index contributed by atoms with van der Waals surface area (Å²) in [7, 11) is 0. The maximum atomic E-state index is 3.73. The maximum absolute atomic E-state index is 3.73. The summed E-state index contributed by atoms with van der Waals surface area (Å²) in [6, 6.07) is 1.35. The van der Waals surface area contributed by atoms with Gasteiger partial charge in [0.05, 0.1) is 0 Å². The third-order valence-electron chi connectivity index (χ3n) is 4.54. The Morgan fingerprint density at radius 1 is 1.28 bits per heavy atom. The Labute approximate surface area is 115 Å². The van der Waals surface area contributed by atoms with Crippen LogP contribution in [0.3, 0.4) is 0 Å². The SMILES string of the molecule is CCC(C)CC(C)N1CCCNC(C(C)(C)C)C1. The van der Waals surface area contributed by atoms with Crippen LogP contribution in [0.25, 0.3) is 0 Å². The zero-order valence-electron chi connectivity index (χ0n) is 13.4. The van der Waals surface area contributed by atoms with Crippen LogP contribution in [0.5, 0.6) is 0 Å². The topological polar surface area (TPSA) is 15.3 Å². The Morgan fingerprint density at radius 3 is 2.50 bits per heavy atom. The molecule has 1 fully saturated rings. The van der Waals surface area contributed by atoms with Crippen LogP contribution in [0.4, 0.5) is 0 Å². The molecule has 2 heteroatoms. The van der Waals surface area contributed by atoms with Gasteiger partial charge in [-0.05, 0) is 44.2 Å². The standard InChI is InChI=1S/C16H34N2/c1-7-13(2)11-14(3)18-10-8-9-17-15(12-18)16(4,5)6/h13-15,17H,7-12H2,1-6H3. The second kappa shape index (κ2) is 6.91. The Bertz CT molecular complexity index is 232. The highest BCUT2D eigenvalue weighted by Gasteiger charge is 2.29. The van der Waals surface area contributed by atoms with E-state index in [9.17, 15) is 0 Å². The number of hydrogen-bond donors (Lipinski definition) is 1. The lowest BCUT2D eigenvalue weighted by Gasteiger charge is -2.36. The lowest BCUT2D eigenvalue weighted by Crippen LogP contribution is -2.48. The van der Waals surface area contributed by atoms with Gasteiger partial charge in [0.2, 0.25) is 0 Å². The third-order valence-corrected chi connectivity index (χ3v) is 4.54. The van der Waals surface area contributed by atoms with Gasteiger partial charge in [-0.25, -0.2) is 0 Å². The van der Waals surface area contributed by atoms with Gasteiger partial charge in [0.1, 0.15) is 0 Å². The molecule has 0 aromatic heterocycles. The molecule has 3 atom stereocenters. The van der Waals surface area contributed by atoms with Crippen LogP contribution in [-0.2, 0) is 0 Å². The molecule has 3 unspecified atom stereocenters. The van der Waals surface area contributed by atoms with E-state index in [2.05, 4.69) is 51.8 Å². The normalized spacial score (nSPS) is 26.7. The Morgan fingerprint density at radius 2 is 1.94 bits per heavy atom. The van der Waals surface area contributed by atoms with Gasteiger partial charge >= 0.3 is 0 Å². The van der Waals surface area contributed by atoms with Gasteiger partial charge in [0, 0.05) is 18.6 Å². The monoisotopic (exact) mass is 254 g/mol. The lowest BCUT2D eigenvalue weighted by molar-refractivity contribution is 0.146. The highest BCUT2D eigenvalue weighted by atomic mass is 15.2. The second-order valence-electron chi connectivity index (χ2n) is 7.32. The molecule has 18 heavy (non-hydrogen) atoms. The number of rotatable bonds is 4. The summed E-state index contributed by atoms with van der Waals surface area (Å²) in [5, 5.41) is 3.73. The quantitative estimate of drug-likeness (QED) is 0.826. The van der Waals surface area contributed by atoms with Crippen LogP contribution in [0.2, 0.25) is 0 Å². The van der Waals surface area contributed by atoms with Crippen LogP contribution in [-0.4, -0.2) is 36.6 Å². The van der Waals surface area contributed by atoms with Gasteiger partial charge < -0.3 is 5.32 Å². The molecule has 0 aromatic carbocycles. The van der Waals surface area contributed by atoms with Crippen molar-refractivity contribution in [2.45, 2.75) is 72.9 Å². The van der Waals surface area contributed by atoms with Crippen molar-refractivity contribution >= 4 is 0 Å². The minimum absolute atomic E-state index is 0.360. The van der Waals surface area contributed by atoms with Crippen LogP contribution in [0, 0.1) is 11.3 Å². The van der Waals surface area contributed by atoms with Crippen molar-refractivity contribution in [2.75, 3.05) is 19.6 Å². The van der Waals surface area contributed by atoms with Gasteiger partial charge in [-0.3, -0.25) is 4.90 Å². The molecule has 1 N–H and O–H groups in total. The minimum atomic E-state index is 0.360. The van der Waals surface area contributed by atoms with Crippen molar-refractivity contribution in [1.82, 2.24) is 10.2 Å². The van der Waals surface area contributed by atoms with Crippen molar-refractivity contribution in [3.8, 4) is 0 Å². The zero-order valence-corrected chi connectivity index (χ0v) is 13.4. The summed E-state index contributed by atoms with van der Waals surface area (Å²) in [5.74, 6) is 0.851. The maximum Gasteiger partial charge on any atom is 0.0243 e. The first kappa shape index (κ1) is 16.0. The summed E-state index contributed by atoms with van der Waals surface area (Å²) in [5.41, 5.74) is 0.360. The molecule has 0 bridgehead atoms. The number of hydrogen-bond acceptors (Lipinski definition) is 2. The molecule has 1 aliphatic rings. The number of nitrogens with zero attached hydrogens (tertiary/aromatic N) is 1. The molecule has 1 heterocycles. The Kier molecular flexibility index (Phi) is 6.13. The molecule has 0 aromatic rings. The molecule has 108 valence electrons. The first-order valence-electron chi connectivity index (χ1n) is 7.82. The Balaban J connectivity index is 2.58. The van der Waals surface area contributed by atoms with Gasteiger partial charge in [0.25, 0.3) is 0 Å². The van der Waals surface area contributed by atoms with Crippen molar-refractivity contribution in [3.05, 3.63) is 0 Å². The predicted octanol–water partition coefficient (Wildman–Crippen LogP) is 3.52. The van der Waals surface area contributed by atoms with Crippen LogP contribution < -0.4 is 5.32 Å². The smallest absolute Gasteiger partial charge is 0.0243 e. The molecule has 0 amide bonds. The zero-order chi connectivity index (χ0) is 13.8. The summed E-state index contributed by atoms with van der Waals surface area (Å²) >= 11 is 0. The lowest BCUT2D eigenvalue weighted by atomic mass is 9.86. The molecular weight excluding hydrogens is 220 g/mol. The average molecular weight is 254 g/mol. The van der Waals surface area contributed by atoms with Gasteiger partial charge in [-0.15, -0.1) is 0 Å². The van der Waals surface area contributed by atoms with Gasteiger partial charge in [-0.1, -0.05) is 41.0 Å². The van der Waals surface area contributed by atoms with E-state index in [1.165, 1.54) is 38.9 Å². The second-order valence-corrected chi connectivity index (χ2v) is 7.32. The van der Waals surface area contributed by atoms with Gasteiger partial charge in [-0.2, -0.15) is 0 Å². The van der Waals surface area contributed by atoms with E-state index in [-0.39, 0.29) is 0 Å². The van der Waals surface area contributed by atoms with Crippen molar-refractivity contribution < 1.29 is 0 Å². The molecule has 1 saturated heterocycles. The highest BCUT2D eigenvalue weighted by molar-refractivity contribution is 4.87. The largest absolute Gasteiger partial charge is 0.312 e. The van der Waals surface area contributed by atoms with Crippen LogP contribution in [0.1, 0.15) is 60.8 Å². The van der Waals surface area contributed by atoms with E-state index >= 15 is 0 Å². The fourth-order valence-corrected chi connectivity index (χ4v) is 2.83. The van der Waals surface area contributed by atoms with Gasteiger partial charge in [0.15, 0.2) is 0 Å². The highest BCUT2D eigenvalue weighted by Crippen LogP contribution is 2.24. The van der Waals surface area contributed by atoms with Crippen molar-refractivity contribution in [2.24, 2.45) is 11.3 Å². The summed E-state index contributed by atoms with van der Waals surface area (Å²) in [6.45, 7) is 17.8. The van der Waals surface area contributed by atoms with E-state index in [1.807, 2.05) is 0 Å². The summed E-state index contributed by atoms with van der Waals surface area (Å²) in [4.78, 5) is 2.71. The molecule has 0 radical (unpaired) electrons. The minimum Gasteiger partial charge on any atom is -0.312 e. The predicted molar refractivity (Wildman–Crippen MR) is 81.0 cm³/mol. The van der Waals surface area contributed by atoms with E-state index in [1.54, 1.807) is 0 Å². The third kappa shape index (κ3) is 4.89. The van der Waals surface area contributed by atoms with Crippen LogP contribution in [0.15, 0.2) is 0 Å². The van der Waals surface area contributed by atoms with Crippen LogP contribution >= 0.6 is 0 Å². The first-order chi connectivity index (χ1) is 8.34. The van der Waals surface area contributed by atoms with Crippen molar-refractivity contribution in [1.29, 1.82) is 0 Å². The fourth-order valence-electron chi connectivity index (χ4n) is 2.83. The van der Waals surface area contributed by atoms with E-state index < -0.39 is 0 Å². The molecule has 1 rings (SSSR count). The fraction of sp³-hybridized carbons (Fsp3) is 1.00. The van der Waals surface area contributed by atoms with E-state index in [0.29, 0.717) is 11.5 Å². The Hall–Kier alpha value is -0.0800. The summed E-state index contributed by atoms with van der Waals surface area (Å²) in [6.07, 6.45) is 3.93. The van der Waals surface area contributed by atoms with E-state index in [4.69, 9.17) is 0 Å². The summed E-state index contributed by atoms with van der Waals surface area (Å²) < 4.78 is 0. The molecule has 1 aliphatic heterocycles. The van der Waals surface area contributed by atoms with Crippen molar-refractivity contribution in [3.63, 3.8) is 0 Å². The number of nitrogens with one attached hydrogen (secondary N) is 1.